The van der Waals surface area contributed by atoms with Gasteiger partial charge in [0.05, 0.1) is 5.69 Å². The van der Waals surface area contributed by atoms with Crippen molar-refractivity contribution in [1.29, 1.82) is 0 Å². The number of urea groups is 1. The van der Waals surface area contributed by atoms with E-state index in [0.29, 0.717) is 19.0 Å². The second-order valence-electron chi connectivity index (χ2n) is 4.17. The van der Waals surface area contributed by atoms with Crippen molar-refractivity contribution in [3.63, 3.8) is 0 Å². The van der Waals surface area contributed by atoms with Crippen molar-refractivity contribution in [3.05, 3.63) is 30.1 Å². The fraction of sp³-hybridized carbons (Fsp3) is 0.462. The molecule has 1 aromatic rings. The summed E-state index contributed by atoms with van der Waals surface area (Å²) < 4.78 is 13.3. The molecule has 1 rings (SSSR count). The minimum Gasteiger partial charge on any atom is -0.338 e. The molecule has 0 aliphatic rings. The summed E-state index contributed by atoms with van der Waals surface area (Å²) in [4.78, 5) is 11.6. The fourth-order valence-electron chi connectivity index (χ4n) is 1.65. The summed E-state index contributed by atoms with van der Waals surface area (Å²) in [5.74, 6) is -0.0805. The minimum absolute atomic E-state index is 0.182. The molecule has 2 amide bonds. The number of anilines is 1. The van der Waals surface area contributed by atoms with Gasteiger partial charge in [-0.1, -0.05) is 25.5 Å². The maximum absolute atomic E-state index is 13.3. The number of para-hydroxylation sites is 1. The maximum Gasteiger partial charge on any atom is 0.319 e. The van der Waals surface area contributed by atoms with E-state index in [4.69, 9.17) is 5.73 Å². The number of rotatable bonds is 6. The Bertz CT molecular complexity index is 384. The predicted molar refractivity (Wildman–Crippen MR) is 70.9 cm³/mol. The lowest BCUT2D eigenvalue weighted by Crippen LogP contribution is -2.33. The van der Waals surface area contributed by atoms with Crippen molar-refractivity contribution in [2.24, 2.45) is 11.7 Å². The molecule has 4 nitrogen and oxygen atoms in total. The Balaban J connectivity index is 2.40. The average Bonchev–Trinajstić information content (AvgIpc) is 2.37. The molecule has 1 aromatic carbocycles. The highest BCUT2D eigenvalue weighted by Crippen LogP contribution is 2.12. The molecular formula is C13H20FN3O. The Kier molecular flexibility index (Phi) is 6.14. The van der Waals surface area contributed by atoms with Crippen LogP contribution < -0.4 is 16.4 Å². The first-order valence-electron chi connectivity index (χ1n) is 6.16. The van der Waals surface area contributed by atoms with Gasteiger partial charge in [-0.05, 0) is 31.0 Å². The molecule has 0 saturated heterocycles. The zero-order valence-corrected chi connectivity index (χ0v) is 10.6. The van der Waals surface area contributed by atoms with Gasteiger partial charge in [-0.3, -0.25) is 0 Å². The van der Waals surface area contributed by atoms with Crippen LogP contribution in [0, 0.1) is 11.7 Å². The minimum atomic E-state index is -0.443. The summed E-state index contributed by atoms with van der Waals surface area (Å²) >= 11 is 0. The molecule has 0 aromatic heterocycles. The van der Waals surface area contributed by atoms with Gasteiger partial charge in [0.1, 0.15) is 5.82 Å². The Hall–Kier alpha value is -1.62. The molecule has 1 unspecified atom stereocenters. The number of carbonyl (C=O) groups is 1. The molecule has 0 spiro atoms. The maximum atomic E-state index is 13.3. The van der Waals surface area contributed by atoms with Gasteiger partial charge < -0.3 is 16.4 Å². The number of carbonyl (C=O) groups excluding carboxylic acids is 1. The molecule has 0 bridgehead atoms. The van der Waals surface area contributed by atoms with E-state index in [-0.39, 0.29) is 5.69 Å². The van der Waals surface area contributed by atoms with E-state index >= 15 is 0 Å². The van der Waals surface area contributed by atoms with E-state index in [1.165, 1.54) is 12.1 Å². The van der Waals surface area contributed by atoms with Gasteiger partial charge in [0, 0.05) is 6.54 Å². The van der Waals surface area contributed by atoms with Crippen LogP contribution in [-0.2, 0) is 0 Å². The first-order chi connectivity index (χ1) is 8.67. The van der Waals surface area contributed by atoms with Gasteiger partial charge in [0.2, 0.25) is 0 Å². The third-order valence-corrected chi connectivity index (χ3v) is 2.83. The van der Waals surface area contributed by atoms with Gasteiger partial charge in [-0.2, -0.15) is 0 Å². The lowest BCUT2D eigenvalue weighted by Gasteiger charge is -2.15. The number of halogens is 1. The Labute approximate surface area is 107 Å². The number of nitrogens with two attached hydrogens (primary N) is 1. The SMILES string of the molecule is CCC(CCN)CNC(=O)Nc1ccccc1F. The third kappa shape index (κ3) is 4.71. The number of hydrogen-bond acceptors (Lipinski definition) is 2. The summed E-state index contributed by atoms with van der Waals surface area (Å²) in [6, 6.07) is 5.68. The monoisotopic (exact) mass is 253 g/mol. The molecule has 4 N–H and O–H groups in total. The number of amides is 2. The summed E-state index contributed by atoms with van der Waals surface area (Å²) in [5, 5.41) is 5.20. The van der Waals surface area contributed by atoms with E-state index in [9.17, 15) is 9.18 Å². The third-order valence-electron chi connectivity index (χ3n) is 2.83. The second-order valence-corrected chi connectivity index (χ2v) is 4.17. The highest BCUT2D eigenvalue weighted by atomic mass is 19.1. The Morgan fingerprint density at radius 3 is 2.78 bits per heavy atom. The number of nitrogens with one attached hydrogen (secondary N) is 2. The van der Waals surface area contributed by atoms with Crippen molar-refractivity contribution < 1.29 is 9.18 Å². The molecule has 0 heterocycles. The summed E-state index contributed by atoms with van der Waals surface area (Å²) in [6.07, 6.45) is 1.83. The van der Waals surface area contributed by atoms with Gasteiger partial charge in [-0.25, -0.2) is 9.18 Å². The number of hydrogen-bond donors (Lipinski definition) is 3. The summed E-state index contributed by atoms with van der Waals surface area (Å²) in [7, 11) is 0. The van der Waals surface area contributed by atoms with E-state index in [2.05, 4.69) is 17.6 Å². The highest BCUT2D eigenvalue weighted by molar-refractivity contribution is 5.89. The van der Waals surface area contributed by atoms with E-state index in [0.717, 1.165) is 12.8 Å². The van der Waals surface area contributed by atoms with Crippen LogP contribution in [0.5, 0.6) is 0 Å². The molecule has 5 heteroatoms. The quantitative estimate of drug-likeness (QED) is 0.728. The van der Waals surface area contributed by atoms with Crippen LogP contribution in [0.25, 0.3) is 0 Å². The van der Waals surface area contributed by atoms with Crippen LogP contribution in [0.4, 0.5) is 14.9 Å². The van der Waals surface area contributed by atoms with Gasteiger partial charge in [0.25, 0.3) is 0 Å². The smallest absolute Gasteiger partial charge is 0.319 e. The van der Waals surface area contributed by atoms with Gasteiger partial charge in [0.15, 0.2) is 0 Å². The van der Waals surface area contributed by atoms with Gasteiger partial charge in [-0.15, -0.1) is 0 Å². The molecule has 0 saturated carbocycles. The van der Waals surface area contributed by atoms with Crippen LogP contribution in [0.15, 0.2) is 24.3 Å². The second kappa shape index (κ2) is 7.66. The Morgan fingerprint density at radius 2 is 2.17 bits per heavy atom. The van der Waals surface area contributed by atoms with Crippen molar-refractivity contribution >= 4 is 11.7 Å². The van der Waals surface area contributed by atoms with Crippen LogP contribution in [0.3, 0.4) is 0 Å². The Morgan fingerprint density at radius 1 is 1.44 bits per heavy atom. The summed E-state index contributed by atoms with van der Waals surface area (Å²) in [5.41, 5.74) is 5.66. The van der Waals surface area contributed by atoms with E-state index in [1.54, 1.807) is 12.1 Å². The first kappa shape index (κ1) is 14.4. The van der Waals surface area contributed by atoms with Gasteiger partial charge >= 0.3 is 6.03 Å². The van der Waals surface area contributed by atoms with Crippen LogP contribution >= 0.6 is 0 Å². The average molecular weight is 253 g/mol. The zero-order chi connectivity index (χ0) is 13.4. The molecule has 0 aliphatic heterocycles. The van der Waals surface area contributed by atoms with Crippen molar-refractivity contribution in [3.8, 4) is 0 Å². The normalized spacial score (nSPS) is 11.9. The fourth-order valence-corrected chi connectivity index (χ4v) is 1.65. The van der Waals surface area contributed by atoms with Crippen molar-refractivity contribution in [1.82, 2.24) is 5.32 Å². The summed E-state index contributed by atoms with van der Waals surface area (Å²) in [6.45, 7) is 3.21. The van der Waals surface area contributed by atoms with Crippen LogP contribution in [0.2, 0.25) is 0 Å². The molecular weight excluding hydrogens is 233 g/mol. The highest BCUT2D eigenvalue weighted by Gasteiger charge is 2.09. The topological polar surface area (TPSA) is 67.1 Å². The molecule has 0 aliphatic carbocycles. The zero-order valence-electron chi connectivity index (χ0n) is 10.6. The molecule has 1 atom stereocenters. The first-order valence-corrected chi connectivity index (χ1v) is 6.16. The lowest BCUT2D eigenvalue weighted by atomic mass is 10.0. The van der Waals surface area contributed by atoms with Crippen molar-refractivity contribution in [2.45, 2.75) is 19.8 Å². The predicted octanol–water partition coefficient (Wildman–Crippen LogP) is 2.32. The van der Waals surface area contributed by atoms with Crippen molar-refractivity contribution in [2.75, 3.05) is 18.4 Å². The van der Waals surface area contributed by atoms with E-state index < -0.39 is 11.8 Å². The van der Waals surface area contributed by atoms with Crippen LogP contribution in [0.1, 0.15) is 19.8 Å². The molecule has 18 heavy (non-hydrogen) atoms. The lowest BCUT2D eigenvalue weighted by molar-refractivity contribution is 0.249. The molecule has 0 radical (unpaired) electrons. The standard InChI is InChI=1S/C13H20FN3O/c1-2-10(7-8-15)9-16-13(18)17-12-6-4-3-5-11(12)14/h3-6,10H,2,7-9,15H2,1H3,(H2,16,17,18). The van der Waals surface area contributed by atoms with Crippen LogP contribution in [-0.4, -0.2) is 19.1 Å². The number of benzene rings is 1. The molecule has 100 valence electrons. The van der Waals surface area contributed by atoms with E-state index in [1.807, 2.05) is 0 Å². The largest absolute Gasteiger partial charge is 0.338 e. The molecule has 0 fully saturated rings.